The van der Waals surface area contributed by atoms with Crippen LogP contribution in [0.15, 0.2) is 90.1 Å². The van der Waals surface area contributed by atoms with Gasteiger partial charge in [-0.3, -0.25) is 4.79 Å². The van der Waals surface area contributed by atoms with E-state index in [0.29, 0.717) is 28.8 Å². The van der Waals surface area contributed by atoms with Crippen molar-refractivity contribution in [2.24, 2.45) is 0 Å². The van der Waals surface area contributed by atoms with Gasteiger partial charge in [0.25, 0.3) is 0 Å². The summed E-state index contributed by atoms with van der Waals surface area (Å²) in [5, 5.41) is 0.552. The standard InChI is InChI=1S/C27H23FN2O2S/c1-19-24(16-20-8-4-2-5-9-20)26(32-17-25(31)22-10-6-3-7-11-22)30-27(29-19)33-18-21-12-14-23(28)15-13-21/h2-15H,16-18H2,1H3. The van der Waals surface area contributed by atoms with Crippen LogP contribution in [0.1, 0.15) is 32.7 Å². The molecule has 166 valence electrons. The fraction of sp³-hybridized carbons (Fsp3) is 0.148. The molecule has 33 heavy (non-hydrogen) atoms. The highest BCUT2D eigenvalue weighted by atomic mass is 32.2. The van der Waals surface area contributed by atoms with E-state index >= 15 is 0 Å². The van der Waals surface area contributed by atoms with Crippen molar-refractivity contribution < 1.29 is 13.9 Å². The van der Waals surface area contributed by atoms with Crippen molar-refractivity contribution in [2.75, 3.05) is 6.61 Å². The van der Waals surface area contributed by atoms with E-state index in [-0.39, 0.29) is 18.2 Å². The Morgan fingerprint density at radius 2 is 1.55 bits per heavy atom. The van der Waals surface area contributed by atoms with E-state index in [1.165, 1.54) is 23.9 Å². The van der Waals surface area contributed by atoms with Gasteiger partial charge >= 0.3 is 0 Å². The number of hydrogen-bond donors (Lipinski definition) is 0. The van der Waals surface area contributed by atoms with Gasteiger partial charge in [0.1, 0.15) is 5.82 Å². The van der Waals surface area contributed by atoms with E-state index < -0.39 is 0 Å². The fourth-order valence-corrected chi connectivity index (χ4v) is 4.14. The second-order valence-corrected chi connectivity index (χ2v) is 8.47. The number of aromatic nitrogens is 2. The lowest BCUT2D eigenvalue weighted by molar-refractivity contribution is 0.0916. The summed E-state index contributed by atoms with van der Waals surface area (Å²) in [6.45, 7) is 1.82. The molecule has 1 heterocycles. The average Bonchev–Trinajstić information content (AvgIpc) is 2.85. The van der Waals surface area contributed by atoms with Crippen molar-refractivity contribution in [1.82, 2.24) is 9.97 Å². The summed E-state index contributed by atoms with van der Waals surface area (Å²) in [6.07, 6.45) is 0.602. The van der Waals surface area contributed by atoms with Crippen molar-refractivity contribution in [2.45, 2.75) is 24.3 Å². The normalized spacial score (nSPS) is 10.7. The van der Waals surface area contributed by atoms with Gasteiger partial charge in [-0.05, 0) is 30.2 Å². The van der Waals surface area contributed by atoms with Crippen molar-refractivity contribution in [3.05, 3.63) is 119 Å². The number of carbonyl (C=O) groups excluding carboxylic acids is 1. The zero-order chi connectivity index (χ0) is 23.0. The largest absolute Gasteiger partial charge is 0.469 e. The van der Waals surface area contributed by atoms with Crippen LogP contribution in [0.3, 0.4) is 0 Å². The first-order chi connectivity index (χ1) is 16.1. The number of hydrogen-bond acceptors (Lipinski definition) is 5. The van der Waals surface area contributed by atoms with Crippen LogP contribution in [0.4, 0.5) is 4.39 Å². The maximum absolute atomic E-state index is 13.2. The molecular weight excluding hydrogens is 435 g/mol. The molecule has 0 fully saturated rings. The third-order valence-corrected chi connectivity index (χ3v) is 6.01. The summed E-state index contributed by atoms with van der Waals surface area (Å²) in [5.74, 6) is 0.635. The fourth-order valence-electron chi connectivity index (χ4n) is 3.30. The molecule has 1 aromatic heterocycles. The highest BCUT2D eigenvalue weighted by Gasteiger charge is 2.16. The van der Waals surface area contributed by atoms with Crippen molar-refractivity contribution in [3.8, 4) is 5.88 Å². The number of benzene rings is 3. The van der Waals surface area contributed by atoms with Gasteiger partial charge in [0, 0.05) is 29.0 Å². The Morgan fingerprint density at radius 1 is 0.879 bits per heavy atom. The van der Waals surface area contributed by atoms with Crippen LogP contribution >= 0.6 is 11.8 Å². The highest BCUT2D eigenvalue weighted by Crippen LogP contribution is 2.28. The Hall–Kier alpha value is -3.51. The molecule has 0 aliphatic carbocycles. The van der Waals surface area contributed by atoms with Gasteiger partial charge in [-0.25, -0.2) is 9.37 Å². The zero-order valence-corrected chi connectivity index (χ0v) is 19.0. The van der Waals surface area contributed by atoms with Gasteiger partial charge in [-0.1, -0.05) is 84.6 Å². The van der Waals surface area contributed by atoms with Gasteiger partial charge in [0.2, 0.25) is 5.88 Å². The minimum atomic E-state index is -0.264. The predicted molar refractivity (Wildman–Crippen MR) is 128 cm³/mol. The van der Waals surface area contributed by atoms with E-state index in [2.05, 4.69) is 9.97 Å². The first-order valence-electron chi connectivity index (χ1n) is 10.6. The Labute approximate surface area is 196 Å². The molecule has 0 amide bonds. The lowest BCUT2D eigenvalue weighted by atomic mass is 10.0. The first kappa shape index (κ1) is 22.7. The van der Waals surface area contributed by atoms with E-state index in [1.54, 1.807) is 24.3 Å². The van der Waals surface area contributed by atoms with E-state index in [0.717, 1.165) is 22.4 Å². The van der Waals surface area contributed by atoms with E-state index in [9.17, 15) is 9.18 Å². The maximum atomic E-state index is 13.2. The number of aryl methyl sites for hydroxylation is 1. The van der Waals surface area contributed by atoms with Crippen LogP contribution in [0.2, 0.25) is 0 Å². The first-order valence-corrected chi connectivity index (χ1v) is 11.6. The molecule has 4 rings (SSSR count). The molecule has 0 unspecified atom stereocenters. The second-order valence-electron chi connectivity index (χ2n) is 7.53. The van der Waals surface area contributed by atoms with E-state index in [1.807, 2.05) is 55.5 Å². The van der Waals surface area contributed by atoms with Crippen molar-refractivity contribution in [1.29, 1.82) is 0 Å². The van der Waals surface area contributed by atoms with Gasteiger partial charge in [0.15, 0.2) is 17.5 Å². The van der Waals surface area contributed by atoms with Crippen molar-refractivity contribution >= 4 is 17.5 Å². The molecule has 0 atom stereocenters. The van der Waals surface area contributed by atoms with Crippen LogP contribution in [-0.4, -0.2) is 22.4 Å². The minimum Gasteiger partial charge on any atom is -0.469 e. The molecule has 0 aliphatic rings. The third-order valence-electron chi connectivity index (χ3n) is 5.10. The van der Waals surface area contributed by atoms with Crippen LogP contribution in [0.5, 0.6) is 5.88 Å². The Bertz CT molecular complexity index is 1220. The molecule has 3 aromatic carbocycles. The number of ketones is 1. The highest BCUT2D eigenvalue weighted by molar-refractivity contribution is 7.98. The Morgan fingerprint density at radius 3 is 2.24 bits per heavy atom. The molecule has 0 aliphatic heterocycles. The maximum Gasteiger partial charge on any atom is 0.221 e. The third kappa shape index (κ3) is 6.26. The Balaban J connectivity index is 1.56. The zero-order valence-electron chi connectivity index (χ0n) is 18.2. The molecule has 0 N–H and O–H groups in total. The van der Waals surface area contributed by atoms with Gasteiger partial charge < -0.3 is 4.74 Å². The van der Waals surface area contributed by atoms with Crippen LogP contribution in [0, 0.1) is 12.7 Å². The topological polar surface area (TPSA) is 52.1 Å². The SMILES string of the molecule is Cc1nc(SCc2ccc(F)cc2)nc(OCC(=O)c2ccccc2)c1Cc1ccccc1. The number of carbonyl (C=O) groups is 1. The van der Waals surface area contributed by atoms with E-state index in [4.69, 9.17) is 4.74 Å². The monoisotopic (exact) mass is 458 g/mol. The smallest absolute Gasteiger partial charge is 0.221 e. The number of halogens is 1. The number of rotatable bonds is 9. The molecule has 0 radical (unpaired) electrons. The van der Waals surface area contributed by atoms with Gasteiger partial charge in [-0.2, -0.15) is 4.98 Å². The predicted octanol–water partition coefficient (Wildman–Crippen LogP) is 6.07. The lowest BCUT2D eigenvalue weighted by Crippen LogP contribution is -2.14. The molecular formula is C27H23FN2O2S. The molecule has 6 heteroatoms. The summed E-state index contributed by atoms with van der Waals surface area (Å²) in [5.41, 5.74) is 4.33. The summed E-state index contributed by atoms with van der Waals surface area (Å²) < 4.78 is 19.1. The average molecular weight is 459 g/mol. The van der Waals surface area contributed by atoms with Gasteiger partial charge in [-0.15, -0.1) is 0 Å². The number of nitrogens with zero attached hydrogens (tertiary/aromatic N) is 2. The number of thioether (sulfide) groups is 1. The summed E-state index contributed by atoms with van der Waals surface area (Å²) in [4.78, 5) is 21.9. The lowest BCUT2D eigenvalue weighted by Gasteiger charge is -2.14. The van der Waals surface area contributed by atoms with Crippen LogP contribution in [-0.2, 0) is 12.2 Å². The number of ether oxygens (including phenoxy) is 1. The second kappa shape index (κ2) is 10.9. The van der Waals surface area contributed by atoms with Crippen LogP contribution < -0.4 is 4.74 Å². The molecule has 0 saturated heterocycles. The quantitative estimate of drug-likeness (QED) is 0.173. The summed E-state index contributed by atoms with van der Waals surface area (Å²) in [6, 6.07) is 25.4. The Kier molecular flexibility index (Phi) is 7.47. The summed E-state index contributed by atoms with van der Waals surface area (Å²) >= 11 is 1.44. The number of Topliss-reactive ketones (excluding diaryl/α,β-unsaturated/α-hetero) is 1. The molecule has 0 saturated carbocycles. The molecule has 4 aromatic rings. The van der Waals surface area contributed by atoms with Crippen molar-refractivity contribution in [3.63, 3.8) is 0 Å². The minimum absolute atomic E-state index is 0.107. The molecule has 4 nitrogen and oxygen atoms in total. The molecule has 0 spiro atoms. The van der Waals surface area contributed by atoms with Crippen LogP contribution in [0.25, 0.3) is 0 Å². The molecule has 0 bridgehead atoms. The van der Waals surface area contributed by atoms with Gasteiger partial charge in [0.05, 0.1) is 0 Å². The summed E-state index contributed by atoms with van der Waals surface area (Å²) in [7, 11) is 0.